The van der Waals surface area contributed by atoms with Gasteiger partial charge in [0.25, 0.3) is 0 Å². The average molecular weight is 275 g/mol. The van der Waals surface area contributed by atoms with Gasteiger partial charge >= 0.3 is 0 Å². The first kappa shape index (κ1) is 13.8. The third kappa shape index (κ3) is 2.84. The van der Waals surface area contributed by atoms with E-state index in [2.05, 4.69) is 5.32 Å². The summed E-state index contributed by atoms with van der Waals surface area (Å²) in [6.07, 6.45) is 1.12. The summed E-state index contributed by atoms with van der Waals surface area (Å²) in [4.78, 5) is 12.9. The van der Waals surface area contributed by atoms with Crippen molar-refractivity contribution in [3.05, 3.63) is 0 Å². The van der Waals surface area contributed by atoms with Crippen molar-refractivity contribution >= 4 is 15.9 Å². The van der Waals surface area contributed by atoms with Gasteiger partial charge in [0.1, 0.15) is 0 Å². The molecule has 1 N–H and O–H groups in total. The molecule has 7 heteroatoms. The van der Waals surface area contributed by atoms with Gasteiger partial charge in [0.15, 0.2) is 0 Å². The molecule has 104 valence electrons. The number of piperidine rings is 1. The van der Waals surface area contributed by atoms with Crippen molar-refractivity contribution in [2.75, 3.05) is 39.3 Å². The van der Waals surface area contributed by atoms with Crippen molar-refractivity contribution in [2.45, 2.75) is 25.0 Å². The maximum atomic E-state index is 12.4. The van der Waals surface area contributed by atoms with Crippen LogP contribution in [0.1, 0.15) is 19.8 Å². The van der Waals surface area contributed by atoms with Crippen LogP contribution in [0.5, 0.6) is 0 Å². The number of hydrogen-bond acceptors (Lipinski definition) is 4. The summed E-state index contributed by atoms with van der Waals surface area (Å²) < 4.78 is 26.4. The van der Waals surface area contributed by atoms with E-state index < -0.39 is 10.0 Å². The minimum atomic E-state index is -3.18. The lowest BCUT2D eigenvalue weighted by atomic mass is 10.1. The van der Waals surface area contributed by atoms with Crippen molar-refractivity contribution < 1.29 is 13.2 Å². The van der Waals surface area contributed by atoms with Crippen LogP contribution >= 0.6 is 0 Å². The molecule has 2 aliphatic rings. The molecular formula is C11H21N3O3S. The molecule has 18 heavy (non-hydrogen) atoms. The Morgan fingerprint density at radius 3 is 2.17 bits per heavy atom. The fraction of sp³-hybridized carbons (Fsp3) is 0.909. The van der Waals surface area contributed by atoms with E-state index >= 15 is 0 Å². The first-order valence-corrected chi connectivity index (χ1v) is 7.97. The first-order valence-electron chi connectivity index (χ1n) is 6.47. The first-order chi connectivity index (χ1) is 8.51. The Labute approximate surface area is 108 Å². The van der Waals surface area contributed by atoms with Crippen LogP contribution in [0.3, 0.4) is 0 Å². The SMILES string of the molecule is CC(=O)N1CCC(S(=O)(=O)N2CCNCC2)CC1. The van der Waals surface area contributed by atoms with Gasteiger partial charge in [-0.2, -0.15) is 4.31 Å². The van der Waals surface area contributed by atoms with Crippen molar-refractivity contribution in [3.8, 4) is 0 Å². The molecular weight excluding hydrogens is 254 g/mol. The maximum Gasteiger partial charge on any atom is 0.219 e. The second-order valence-electron chi connectivity index (χ2n) is 4.90. The molecule has 0 aromatic heterocycles. The number of rotatable bonds is 2. The smallest absolute Gasteiger partial charge is 0.219 e. The Bertz CT molecular complexity index is 396. The topological polar surface area (TPSA) is 69.7 Å². The zero-order chi connectivity index (χ0) is 13.2. The standard InChI is InChI=1S/C11H21N3O3S/c1-10(15)13-6-2-11(3-7-13)18(16,17)14-8-4-12-5-9-14/h11-12H,2-9H2,1H3. The molecule has 0 atom stereocenters. The molecule has 2 saturated heterocycles. The zero-order valence-corrected chi connectivity index (χ0v) is 11.6. The summed E-state index contributed by atoms with van der Waals surface area (Å²) in [6.45, 7) is 5.24. The molecule has 0 bridgehead atoms. The third-order valence-corrected chi connectivity index (χ3v) is 6.14. The van der Waals surface area contributed by atoms with Crippen LogP contribution in [0.25, 0.3) is 0 Å². The number of carbonyl (C=O) groups is 1. The number of nitrogens with one attached hydrogen (secondary N) is 1. The zero-order valence-electron chi connectivity index (χ0n) is 10.8. The number of likely N-dealkylation sites (tertiary alicyclic amines) is 1. The van der Waals surface area contributed by atoms with E-state index in [9.17, 15) is 13.2 Å². The number of sulfonamides is 1. The lowest BCUT2D eigenvalue weighted by molar-refractivity contribution is -0.129. The molecule has 0 saturated carbocycles. The molecule has 2 aliphatic heterocycles. The van der Waals surface area contributed by atoms with Crippen molar-refractivity contribution in [3.63, 3.8) is 0 Å². The van der Waals surface area contributed by atoms with E-state index in [4.69, 9.17) is 0 Å². The van der Waals surface area contributed by atoms with E-state index in [1.54, 1.807) is 9.21 Å². The largest absolute Gasteiger partial charge is 0.343 e. The van der Waals surface area contributed by atoms with Crippen LogP contribution in [0.4, 0.5) is 0 Å². The molecule has 0 aliphatic carbocycles. The predicted octanol–water partition coefficient (Wildman–Crippen LogP) is -0.768. The number of carbonyl (C=O) groups excluding carboxylic acids is 1. The predicted molar refractivity (Wildman–Crippen MR) is 68.6 cm³/mol. The van der Waals surface area contributed by atoms with E-state index in [-0.39, 0.29) is 11.2 Å². The van der Waals surface area contributed by atoms with Crippen LogP contribution in [0.2, 0.25) is 0 Å². The maximum absolute atomic E-state index is 12.4. The Morgan fingerprint density at radius 1 is 1.11 bits per heavy atom. The van der Waals surface area contributed by atoms with Gasteiger partial charge in [-0.3, -0.25) is 4.79 Å². The summed E-state index contributed by atoms with van der Waals surface area (Å²) in [5.41, 5.74) is 0. The molecule has 0 aromatic carbocycles. The Hall–Kier alpha value is -0.660. The summed E-state index contributed by atoms with van der Waals surface area (Å²) in [6, 6.07) is 0. The van der Waals surface area contributed by atoms with Crippen LogP contribution in [0.15, 0.2) is 0 Å². The summed E-state index contributed by atoms with van der Waals surface area (Å²) in [5.74, 6) is 0.0352. The number of amides is 1. The van der Waals surface area contributed by atoms with E-state index in [0.29, 0.717) is 39.0 Å². The van der Waals surface area contributed by atoms with Gasteiger partial charge in [0.05, 0.1) is 5.25 Å². The summed E-state index contributed by atoms with van der Waals surface area (Å²) >= 11 is 0. The summed E-state index contributed by atoms with van der Waals surface area (Å²) in [5, 5.41) is 2.84. The van der Waals surface area contributed by atoms with Crippen LogP contribution in [0, 0.1) is 0 Å². The van der Waals surface area contributed by atoms with Crippen molar-refractivity contribution in [1.29, 1.82) is 0 Å². The van der Waals surface area contributed by atoms with Crippen LogP contribution in [-0.4, -0.2) is 68.0 Å². The molecule has 0 unspecified atom stereocenters. The fourth-order valence-electron chi connectivity index (χ4n) is 2.58. The molecule has 6 nitrogen and oxygen atoms in total. The molecule has 0 spiro atoms. The highest BCUT2D eigenvalue weighted by atomic mass is 32.2. The lowest BCUT2D eigenvalue weighted by Gasteiger charge is -2.35. The van der Waals surface area contributed by atoms with Gasteiger partial charge in [0, 0.05) is 46.2 Å². The van der Waals surface area contributed by atoms with Gasteiger partial charge < -0.3 is 10.2 Å². The third-order valence-electron chi connectivity index (χ3n) is 3.74. The lowest BCUT2D eigenvalue weighted by Crippen LogP contribution is -2.51. The number of piperazine rings is 1. The van der Waals surface area contributed by atoms with E-state index in [1.807, 2.05) is 0 Å². The molecule has 0 aromatic rings. The van der Waals surface area contributed by atoms with E-state index in [0.717, 1.165) is 13.1 Å². The van der Waals surface area contributed by atoms with Gasteiger partial charge in [-0.05, 0) is 12.8 Å². The highest BCUT2D eigenvalue weighted by molar-refractivity contribution is 7.89. The summed E-state index contributed by atoms with van der Waals surface area (Å²) in [7, 11) is -3.18. The molecule has 0 radical (unpaired) electrons. The molecule has 2 heterocycles. The van der Waals surface area contributed by atoms with Crippen LogP contribution in [-0.2, 0) is 14.8 Å². The highest BCUT2D eigenvalue weighted by Crippen LogP contribution is 2.21. The highest BCUT2D eigenvalue weighted by Gasteiger charge is 2.35. The van der Waals surface area contributed by atoms with E-state index in [1.165, 1.54) is 6.92 Å². The van der Waals surface area contributed by atoms with Gasteiger partial charge in [-0.1, -0.05) is 0 Å². The average Bonchev–Trinajstić information content (AvgIpc) is 2.40. The molecule has 2 rings (SSSR count). The monoisotopic (exact) mass is 275 g/mol. The Balaban J connectivity index is 1.97. The molecule has 1 amide bonds. The Morgan fingerprint density at radius 2 is 1.67 bits per heavy atom. The van der Waals surface area contributed by atoms with Crippen molar-refractivity contribution in [2.24, 2.45) is 0 Å². The van der Waals surface area contributed by atoms with Crippen molar-refractivity contribution in [1.82, 2.24) is 14.5 Å². The second-order valence-corrected chi connectivity index (χ2v) is 7.11. The Kier molecular flexibility index (Phi) is 4.24. The minimum Gasteiger partial charge on any atom is -0.343 e. The quantitative estimate of drug-likeness (QED) is 0.719. The van der Waals surface area contributed by atoms with Gasteiger partial charge in [0.2, 0.25) is 15.9 Å². The number of hydrogen-bond donors (Lipinski definition) is 1. The number of nitrogens with zero attached hydrogens (tertiary/aromatic N) is 2. The fourth-order valence-corrected chi connectivity index (χ4v) is 4.50. The molecule has 2 fully saturated rings. The minimum absolute atomic E-state index is 0.0352. The van der Waals surface area contributed by atoms with Gasteiger partial charge in [-0.15, -0.1) is 0 Å². The van der Waals surface area contributed by atoms with Gasteiger partial charge in [-0.25, -0.2) is 8.42 Å². The normalized spacial score (nSPS) is 24.2. The van der Waals surface area contributed by atoms with Crippen LogP contribution < -0.4 is 5.32 Å². The second kappa shape index (κ2) is 5.54.